The van der Waals surface area contributed by atoms with Gasteiger partial charge >= 0.3 is 6.09 Å². The summed E-state index contributed by atoms with van der Waals surface area (Å²) in [7, 11) is 0. The standard InChI is InChI=1S/C22H25N5O2/c1-22(2,3)29-21(28)27-11-10-23-14-19(27)20-24-9-8-18(26-20)16-12-15-6-4-5-7-17(15)25-13-16/h4-9,12-13,19,23H,10-11,14H2,1-3H3. The number of piperazine rings is 1. The van der Waals surface area contributed by atoms with Gasteiger partial charge in [-0.3, -0.25) is 9.88 Å². The highest BCUT2D eigenvalue weighted by atomic mass is 16.6. The Hall–Kier alpha value is -3.06. The van der Waals surface area contributed by atoms with E-state index in [0.717, 1.165) is 22.2 Å². The van der Waals surface area contributed by atoms with Gasteiger partial charge in [-0.1, -0.05) is 18.2 Å². The van der Waals surface area contributed by atoms with Gasteiger partial charge in [-0.25, -0.2) is 14.8 Å². The zero-order valence-corrected chi connectivity index (χ0v) is 16.9. The van der Waals surface area contributed by atoms with Crippen LogP contribution >= 0.6 is 0 Å². The van der Waals surface area contributed by atoms with E-state index in [1.165, 1.54) is 0 Å². The van der Waals surface area contributed by atoms with Gasteiger partial charge in [-0.2, -0.15) is 0 Å². The summed E-state index contributed by atoms with van der Waals surface area (Å²) >= 11 is 0. The number of pyridine rings is 1. The molecule has 4 rings (SSSR count). The number of hydrogen-bond acceptors (Lipinski definition) is 6. The van der Waals surface area contributed by atoms with Crippen molar-refractivity contribution in [2.75, 3.05) is 19.6 Å². The maximum Gasteiger partial charge on any atom is 0.411 e. The normalized spacial score (nSPS) is 17.3. The number of rotatable bonds is 2. The molecule has 0 radical (unpaired) electrons. The van der Waals surface area contributed by atoms with Crippen molar-refractivity contribution in [3.05, 3.63) is 54.6 Å². The van der Waals surface area contributed by atoms with Crippen molar-refractivity contribution < 1.29 is 9.53 Å². The van der Waals surface area contributed by atoms with E-state index in [2.05, 4.69) is 21.4 Å². The molecule has 1 atom stereocenters. The average Bonchev–Trinajstić information content (AvgIpc) is 2.72. The van der Waals surface area contributed by atoms with Crippen LogP contribution in [0.1, 0.15) is 32.6 Å². The minimum absolute atomic E-state index is 0.285. The number of fused-ring (bicyclic) bond motifs is 1. The first-order valence-corrected chi connectivity index (χ1v) is 9.79. The Morgan fingerprint density at radius 1 is 1.21 bits per heavy atom. The zero-order valence-electron chi connectivity index (χ0n) is 16.9. The quantitative estimate of drug-likeness (QED) is 0.719. The molecular weight excluding hydrogens is 366 g/mol. The summed E-state index contributed by atoms with van der Waals surface area (Å²) in [6.07, 6.45) is 3.21. The fourth-order valence-corrected chi connectivity index (χ4v) is 3.38. The largest absolute Gasteiger partial charge is 0.444 e. The molecule has 3 heterocycles. The number of carbonyl (C=O) groups excluding carboxylic acids is 1. The van der Waals surface area contributed by atoms with E-state index in [0.29, 0.717) is 25.5 Å². The second kappa shape index (κ2) is 7.75. The first-order chi connectivity index (χ1) is 13.9. The predicted molar refractivity (Wildman–Crippen MR) is 111 cm³/mol. The van der Waals surface area contributed by atoms with E-state index in [-0.39, 0.29) is 12.1 Å². The van der Waals surface area contributed by atoms with Crippen molar-refractivity contribution in [2.24, 2.45) is 0 Å². The molecule has 1 aliphatic rings. The van der Waals surface area contributed by atoms with Gasteiger partial charge in [0.2, 0.25) is 0 Å². The zero-order chi connectivity index (χ0) is 20.4. The lowest BCUT2D eigenvalue weighted by Gasteiger charge is -2.36. The van der Waals surface area contributed by atoms with E-state index in [9.17, 15) is 4.79 Å². The number of benzene rings is 1. The van der Waals surface area contributed by atoms with Crippen LogP contribution in [0.4, 0.5) is 4.79 Å². The van der Waals surface area contributed by atoms with Crippen LogP contribution < -0.4 is 5.32 Å². The Bertz CT molecular complexity index is 1030. The van der Waals surface area contributed by atoms with Crippen LogP contribution in [-0.2, 0) is 4.74 Å². The lowest BCUT2D eigenvalue weighted by molar-refractivity contribution is 0.0108. The molecule has 0 bridgehead atoms. The maximum absolute atomic E-state index is 12.7. The molecule has 7 nitrogen and oxygen atoms in total. The third-order valence-electron chi connectivity index (χ3n) is 4.73. The highest BCUT2D eigenvalue weighted by Gasteiger charge is 2.33. The topological polar surface area (TPSA) is 80.2 Å². The van der Waals surface area contributed by atoms with Crippen molar-refractivity contribution >= 4 is 17.0 Å². The molecule has 1 aliphatic heterocycles. The smallest absolute Gasteiger partial charge is 0.411 e. The van der Waals surface area contributed by atoms with E-state index in [1.807, 2.05) is 57.3 Å². The first-order valence-electron chi connectivity index (χ1n) is 9.79. The van der Waals surface area contributed by atoms with Crippen molar-refractivity contribution in [3.63, 3.8) is 0 Å². The Kier molecular flexibility index (Phi) is 5.15. The lowest BCUT2D eigenvalue weighted by Crippen LogP contribution is -2.50. The summed E-state index contributed by atoms with van der Waals surface area (Å²) in [5.41, 5.74) is 2.09. The Labute approximate surface area is 170 Å². The molecule has 1 amide bonds. The monoisotopic (exact) mass is 391 g/mol. The number of nitrogens with one attached hydrogen (secondary N) is 1. The van der Waals surface area contributed by atoms with Crippen molar-refractivity contribution in [1.82, 2.24) is 25.2 Å². The number of ether oxygens (including phenoxy) is 1. The molecule has 29 heavy (non-hydrogen) atoms. The van der Waals surface area contributed by atoms with Gasteiger partial charge in [0.05, 0.1) is 11.2 Å². The minimum Gasteiger partial charge on any atom is -0.444 e. The molecule has 0 saturated carbocycles. The highest BCUT2D eigenvalue weighted by molar-refractivity contribution is 5.82. The van der Waals surface area contributed by atoms with Gasteiger partial charge in [0.1, 0.15) is 11.6 Å². The fourth-order valence-electron chi connectivity index (χ4n) is 3.38. The molecule has 7 heteroatoms. The number of hydrogen-bond donors (Lipinski definition) is 1. The Balaban J connectivity index is 1.64. The highest BCUT2D eigenvalue weighted by Crippen LogP contribution is 2.25. The first kappa shape index (κ1) is 19.3. The Morgan fingerprint density at radius 3 is 2.86 bits per heavy atom. The van der Waals surface area contributed by atoms with Crippen LogP contribution in [0, 0.1) is 0 Å². The summed E-state index contributed by atoms with van der Waals surface area (Å²) in [6, 6.07) is 11.6. The second-order valence-electron chi connectivity index (χ2n) is 8.11. The van der Waals surface area contributed by atoms with Crippen molar-refractivity contribution in [1.29, 1.82) is 0 Å². The summed E-state index contributed by atoms with van der Waals surface area (Å²) in [6.45, 7) is 7.44. The lowest BCUT2D eigenvalue weighted by atomic mass is 10.1. The van der Waals surface area contributed by atoms with Crippen LogP contribution in [0.3, 0.4) is 0 Å². The van der Waals surface area contributed by atoms with E-state index in [1.54, 1.807) is 11.1 Å². The van der Waals surface area contributed by atoms with Gasteiger partial charge in [-0.15, -0.1) is 0 Å². The van der Waals surface area contributed by atoms with E-state index < -0.39 is 5.60 Å². The summed E-state index contributed by atoms with van der Waals surface area (Å²) < 4.78 is 5.59. The summed E-state index contributed by atoms with van der Waals surface area (Å²) in [5.74, 6) is 0.591. The summed E-state index contributed by atoms with van der Waals surface area (Å²) in [4.78, 5) is 28.2. The van der Waals surface area contributed by atoms with Gasteiger partial charge in [-0.05, 0) is 39.0 Å². The van der Waals surface area contributed by atoms with Crippen molar-refractivity contribution in [2.45, 2.75) is 32.4 Å². The molecular formula is C22H25N5O2. The molecule has 0 spiro atoms. The van der Waals surface area contributed by atoms with Crippen LogP contribution in [0.15, 0.2) is 48.8 Å². The molecule has 1 N–H and O–H groups in total. The Morgan fingerprint density at radius 2 is 2.03 bits per heavy atom. The van der Waals surface area contributed by atoms with Gasteiger partial charge in [0, 0.05) is 43.0 Å². The average molecular weight is 391 g/mol. The summed E-state index contributed by atoms with van der Waals surface area (Å²) in [5, 5.41) is 4.38. The van der Waals surface area contributed by atoms with E-state index in [4.69, 9.17) is 9.72 Å². The number of para-hydroxylation sites is 1. The molecule has 1 saturated heterocycles. The molecule has 150 valence electrons. The second-order valence-corrected chi connectivity index (χ2v) is 8.11. The number of aromatic nitrogens is 3. The van der Waals surface area contributed by atoms with Crippen molar-refractivity contribution in [3.8, 4) is 11.3 Å². The molecule has 1 aromatic carbocycles. The van der Waals surface area contributed by atoms with Crippen LogP contribution in [0.2, 0.25) is 0 Å². The maximum atomic E-state index is 12.7. The molecule has 3 aromatic rings. The molecule has 2 aromatic heterocycles. The molecule has 1 fully saturated rings. The number of carbonyl (C=O) groups is 1. The van der Waals surface area contributed by atoms with E-state index >= 15 is 0 Å². The van der Waals surface area contributed by atoms with Gasteiger partial charge < -0.3 is 10.1 Å². The van der Waals surface area contributed by atoms with Gasteiger partial charge in [0.25, 0.3) is 0 Å². The third kappa shape index (κ3) is 4.35. The minimum atomic E-state index is -0.550. The molecule has 1 unspecified atom stereocenters. The van der Waals surface area contributed by atoms with Crippen LogP contribution in [0.25, 0.3) is 22.2 Å². The fraction of sp³-hybridized carbons (Fsp3) is 0.364. The van der Waals surface area contributed by atoms with Crippen LogP contribution in [-0.4, -0.2) is 51.2 Å². The molecule has 0 aliphatic carbocycles. The number of nitrogens with zero attached hydrogens (tertiary/aromatic N) is 4. The van der Waals surface area contributed by atoms with Crippen LogP contribution in [0.5, 0.6) is 0 Å². The third-order valence-corrected chi connectivity index (χ3v) is 4.73. The number of amides is 1. The van der Waals surface area contributed by atoms with Gasteiger partial charge in [0.15, 0.2) is 5.82 Å². The SMILES string of the molecule is CC(C)(C)OC(=O)N1CCNCC1c1nccc(-c2cnc3ccccc3c2)n1. The predicted octanol–water partition coefficient (Wildman–Crippen LogP) is 3.57.